The van der Waals surface area contributed by atoms with Crippen molar-refractivity contribution in [2.75, 3.05) is 32.9 Å². The van der Waals surface area contributed by atoms with Crippen molar-refractivity contribution < 1.29 is 13.5 Å². The first-order valence-electron chi connectivity index (χ1n) is 6.06. The van der Waals surface area contributed by atoms with E-state index in [1.165, 1.54) is 12.1 Å². The third kappa shape index (κ3) is 5.39. The summed E-state index contributed by atoms with van der Waals surface area (Å²) >= 11 is 8.98. The number of nitrogens with one attached hydrogen (secondary N) is 1. The van der Waals surface area contributed by atoms with Crippen LogP contribution in [-0.2, 0) is 10.0 Å². The molecule has 1 rings (SSSR count). The van der Waals surface area contributed by atoms with Crippen molar-refractivity contribution in [1.82, 2.24) is 9.62 Å². The Balaban J connectivity index is 2.98. The number of benzene rings is 1. The number of nitrogen functional groups attached to an aromatic ring is 1. The van der Waals surface area contributed by atoms with E-state index in [0.29, 0.717) is 6.54 Å². The Morgan fingerprint density at radius 3 is 2.57 bits per heavy atom. The van der Waals surface area contributed by atoms with Crippen molar-refractivity contribution >= 4 is 43.2 Å². The van der Waals surface area contributed by atoms with Gasteiger partial charge in [-0.2, -0.15) is 0 Å². The fraction of sp³-hybridized carbons (Fsp3) is 0.500. The maximum Gasteiger partial charge on any atom is 0.241 e. The van der Waals surface area contributed by atoms with Crippen molar-refractivity contribution in [3.05, 3.63) is 21.6 Å². The summed E-state index contributed by atoms with van der Waals surface area (Å²) in [7, 11) is -0.267. The highest BCUT2D eigenvalue weighted by Gasteiger charge is 2.26. The zero-order valence-corrected chi connectivity index (χ0v) is 15.2. The molecule has 0 spiro atoms. The summed E-state index contributed by atoms with van der Waals surface area (Å²) < 4.78 is 27.2. The van der Waals surface area contributed by atoms with Crippen molar-refractivity contribution in [2.45, 2.75) is 17.4 Å². The van der Waals surface area contributed by atoms with Crippen molar-refractivity contribution in [2.24, 2.45) is 0 Å². The maximum atomic E-state index is 12.3. The lowest BCUT2D eigenvalue weighted by atomic mass is 10.1. The van der Waals surface area contributed by atoms with Crippen molar-refractivity contribution in [3.8, 4) is 0 Å². The topological polar surface area (TPSA) is 95.7 Å². The van der Waals surface area contributed by atoms with E-state index >= 15 is 0 Å². The molecule has 1 aromatic rings. The first-order valence-corrected chi connectivity index (χ1v) is 8.71. The molecular formula is C12H19BrClN3O3S. The third-order valence-electron chi connectivity index (χ3n) is 2.62. The summed E-state index contributed by atoms with van der Waals surface area (Å²) in [6, 6.07) is 2.75. The number of likely N-dealkylation sites (N-methyl/N-ethyl adjacent to an activating group) is 1. The number of sulfonamides is 1. The lowest BCUT2D eigenvalue weighted by Gasteiger charge is -2.27. The zero-order chi connectivity index (χ0) is 16.4. The molecule has 0 radical (unpaired) electrons. The van der Waals surface area contributed by atoms with Gasteiger partial charge in [-0.1, -0.05) is 11.6 Å². The molecule has 21 heavy (non-hydrogen) atoms. The SMILES string of the molecule is CN(C)CC(C)(O)CNS(=O)(=O)c1cc(Cl)cc(N)c1Br. The molecule has 0 fully saturated rings. The summed E-state index contributed by atoms with van der Waals surface area (Å²) in [5, 5.41) is 10.4. The van der Waals surface area contributed by atoms with Crippen LogP contribution in [0.15, 0.2) is 21.5 Å². The molecule has 4 N–H and O–H groups in total. The van der Waals surface area contributed by atoms with E-state index in [1.54, 1.807) is 25.9 Å². The molecule has 0 bridgehead atoms. The van der Waals surface area contributed by atoms with E-state index in [2.05, 4.69) is 20.7 Å². The molecule has 0 saturated heterocycles. The van der Waals surface area contributed by atoms with Gasteiger partial charge in [-0.05, 0) is 49.1 Å². The monoisotopic (exact) mass is 399 g/mol. The standard InChI is InChI=1S/C12H19BrClN3O3S/c1-12(18,7-17(2)3)6-16-21(19,20)10-5-8(14)4-9(15)11(10)13/h4-5,16,18H,6-7,15H2,1-3H3. The minimum Gasteiger partial charge on any atom is -0.398 e. The van der Waals surface area contributed by atoms with Gasteiger partial charge in [-0.15, -0.1) is 0 Å². The number of halogens is 2. The Hall–Kier alpha value is -0.380. The van der Waals surface area contributed by atoms with E-state index in [-0.39, 0.29) is 26.6 Å². The quantitative estimate of drug-likeness (QED) is 0.625. The van der Waals surface area contributed by atoms with Gasteiger partial charge in [0.1, 0.15) is 0 Å². The van der Waals surface area contributed by atoms with Crippen LogP contribution in [0.3, 0.4) is 0 Å². The van der Waals surface area contributed by atoms with Crippen LogP contribution in [0, 0.1) is 0 Å². The third-order valence-corrected chi connectivity index (χ3v) is 5.41. The van der Waals surface area contributed by atoms with E-state index in [9.17, 15) is 13.5 Å². The Morgan fingerprint density at radius 2 is 2.05 bits per heavy atom. The van der Waals surface area contributed by atoms with Gasteiger partial charge in [-0.3, -0.25) is 0 Å². The smallest absolute Gasteiger partial charge is 0.241 e. The van der Waals surface area contributed by atoms with Gasteiger partial charge in [-0.25, -0.2) is 13.1 Å². The number of hydrogen-bond acceptors (Lipinski definition) is 5. The second-order valence-electron chi connectivity index (χ2n) is 5.37. The molecule has 9 heteroatoms. The molecule has 0 aromatic heterocycles. The summed E-state index contributed by atoms with van der Waals surface area (Å²) in [6.07, 6.45) is 0. The second kappa shape index (κ2) is 6.80. The molecule has 0 saturated carbocycles. The zero-order valence-electron chi connectivity index (χ0n) is 12.0. The van der Waals surface area contributed by atoms with E-state index in [0.717, 1.165) is 0 Å². The van der Waals surface area contributed by atoms with Gasteiger partial charge in [0.2, 0.25) is 10.0 Å². The van der Waals surface area contributed by atoms with E-state index in [1.807, 2.05) is 0 Å². The lowest BCUT2D eigenvalue weighted by molar-refractivity contribution is 0.0386. The number of nitrogens with two attached hydrogens (primary N) is 1. The first-order chi connectivity index (χ1) is 9.44. The van der Waals surface area contributed by atoms with Crippen LogP contribution in [0.25, 0.3) is 0 Å². The van der Waals surface area contributed by atoms with Crippen LogP contribution in [0.2, 0.25) is 5.02 Å². The average molecular weight is 401 g/mol. The van der Waals surface area contributed by atoms with Gasteiger partial charge in [0.05, 0.1) is 15.0 Å². The molecule has 0 aliphatic heterocycles. The highest BCUT2D eigenvalue weighted by Crippen LogP contribution is 2.31. The fourth-order valence-corrected chi connectivity index (χ4v) is 4.30. The van der Waals surface area contributed by atoms with Crippen LogP contribution in [0.5, 0.6) is 0 Å². The molecule has 0 aliphatic carbocycles. The van der Waals surface area contributed by atoms with Crippen molar-refractivity contribution in [1.29, 1.82) is 0 Å². The number of nitrogens with zero attached hydrogens (tertiary/aromatic N) is 1. The highest BCUT2D eigenvalue weighted by molar-refractivity contribution is 9.10. The number of hydrogen-bond donors (Lipinski definition) is 3. The average Bonchev–Trinajstić information content (AvgIpc) is 2.30. The summed E-state index contributed by atoms with van der Waals surface area (Å²) in [4.78, 5) is 1.70. The van der Waals surface area contributed by atoms with Crippen LogP contribution in [0.1, 0.15) is 6.92 Å². The van der Waals surface area contributed by atoms with Crippen LogP contribution in [-0.4, -0.2) is 51.2 Å². The normalized spacial score (nSPS) is 15.2. The second-order valence-corrected chi connectivity index (χ2v) is 8.33. The molecule has 1 atom stereocenters. The van der Waals surface area contributed by atoms with Crippen molar-refractivity contribution in [3.63, 3.8) is 0 Å². The maximum absolute atomic E-state index is 12.3. The number of aliphatic hydroxyl groups is 1. The highest BCUT2D eigenvalue weighted by atomic mass is 79.9. The Morgan fingerprint density at radius 1 is 1.48 bits per heavy atom. The fourth-order valence-electron chi connectivity index (χ4n) is 1.85. The summed E-state index contributed by atoms with van der Waals surface area (Å²) in [6.45, 7) is 1.73. The summed E-state index contributed by atoms with van der Waals surface area (Å²) in [5.41, 5.74) is 4.71. The number of rotatable bonds is 6. The molecule has 1 aromatic carbocycles. The molecule has 0 amide bonds. The Kier molecular flexibility index (Phi) is 6.05. The minimum atomic E-state index is -3.84. The van der Waals surface area contributed by atoms with Crippen LogP contribution >= 0.6 is 27.5 Å². The minimum absolute atomic E-state index is 0.0619. The lowest BCUT2D eigenvalue weighted by Crippen LogP contribution is -2.47. The largest absolute Gasteiger partial charge is 0.398 e. The molecule has 1 unspecified atom stereocenters. The molecular weight excluding hydrogens is 382 g/mol. The van der Waals surface area contributed by atoms with Gasteiger partial charge in [0, 0.05) is 23.8 Å². The predicted molar refractivity (Wildman–Crippen MR) is 87.9 cm³/mol. The molecule has 0 aliphatic rings. The first kappa shape index (κ1) is 18.7. The van der Waals surface area contributed by atoms with Crippen LogP contribution in [0.4, 0.5) is 5.69 Å². The van der Waals surface area contributed by atoms with E-state index in [4.69, 9.17) is 17.3 Å². The van der Waals surface area contributed by atoms with Gasteiger partial charge >= 0.3 is 0 Å². The van der Waals surface area contributed by atoms with Gasteiger partial charge in [0.25, 0.3) is 0 Å². The number of anilines is 1. The molecule has 120 valence electrons. The van der Waals surface area contributed by atoms with Crippen LogP contribution < -0.4 is 10.5 Å². The molecule has 6 nitrogen and oxygen atoms in total. The predicted octanol–water partition coefficient (Wildman–Crippen LogP) is 1.28. The van der Waals surface area contributed by atoms with Gasteiger partial charge in [0.15, 0.2) is 0 Å². The van der Waals surface area contributed by atoms with Gasteiger partial charge < -0.3 is 15.7 Å². The Labute approximate surface area is 138 Å². The van der Waals surface area contributed by atoms with E-state index < -0.39 is 15.6 Å². The summed E-state index contributed by atoms with van der Waals surface area (Å²) in [5.74, 6) is 0. The Bertz CT molecular complexity index is 620. The molecule has 0 heterocycles.